The first kappa shape index (κ1) is 30.2. The molecule has 10 nitrogen and oxygen atoms in total. The van der Waals surface area contributed by atoms with Crippen LogP contribution in [0, 0.1) is 0 Å². The van der Waals surface area contributed by atoms with Gasteiger partial charge in [0.2, 0.25) is 5.91 Å². The predicted molar refractivity (Wildman–Crippen MR) is 165 cm³/mol. The molecule has 14 heteroatoms. The largest absolute Gasteiger partial charge is 0.352 e. The van der Waals surface area contributed by atoms with Crippen LogP contribution < -0.4 is 20.9 Å². The van der Waals surface area contributed by atoms with Crippen molar-refractivity contribution in [2.24, 2.45) is 5.73 Å². The highest BCUT2D eigenvalue weighted by molar-refractivity contribution is 8.01. The number of amides is 3. The zero-order valence-corrected chi connectivity index (χ0v) is 25.5. The molecule has 4 N–H and O–H groups in total. The monoisotopic (exact) mass is 643 g/mol. The first-order valence-corrected chi connectivity index (χ1v) is 16.4. The lowest BCUT2D eigenvalue weighted by Gasteiger charge is -2.49. The van der Waals surface area contributed by atoms with Crippen LogP contribution in [-0.4, -0.2) is 68.9 Å². The Hall–Kier alpha value is -3.23. The molecule has 4 heterocycles. The van der Waals surface area contributed by atoms with Crippen molar-refractivity contribution in [1.82, 2.24) is 20.5 Å². The zero-order valence-electron chi connectivity index (χ0n) is 22.3. The van der Waals surface area contributed by atoms with Crippen molar-refractivity contribution >= 4 is 79.6 Å². The van der Waals surface area contributed by atoms with E-state index in [0.29, 0.717) is 42.9 Å². The molecule has 3 aromatic rings. The molecule has 1 saturated heterocycles. The first-order valence-electron chi connectivity index (χ1n) is 13.1. The topological polar surface area (TPSA) is 138 Å². The fourth-order valence-corrected chi connectivity index (χ4v) is 7.87. The van der Waals surface area contributed by atoms with E-state index < -0.39 is 16.7 Å². The molecule has 0 unspecified atom stereocenters. The van der Waals surface area contributed by atoms with Gasteiger partial charge in [0.05, 0.1) is 21.5 Å². The van der Waals surface area contributed by atoms with Crippen molar-refractivity contribution in [3.05, 3.63) is 77.8 Å². The van der Waals surface area contributed by atoms with Gasteiger partial charge in [-0.3, -0.25) is 24.1 Å². The minimum absolute atomic E-state index is 0.129. The second-order valence-corrected chi connectivity index (χ2v) is 13.1. The smallest absolute Gasteiger partial charge is 0.269 e. The maximum atomic E-state index is 13.0. The number of fused-ring (bicyclic) bond motifs is 2. The standard InChI is InChI=1S/C28H27ClN6O4S3/c29-24(37)23-18(5-3-12-34-13-8-17(9-14-34)25(38)31-11-4-10-30)15-40-27-22(26(39)35(23)27)33-21(36)16-41-28-32-19-6-1-2-7-20(19)42-28/h1-3,5-9,13-14,22,27H,4,10-12,15-16,30H2,(H-,31,33,36,38)/p+1/b5-3+/t22-,27-/m1/s1. The average Bonchev–Trinajstić information content (AvgIpc) is 3.42. The molecule has 2 aromatic heterocycles. The molecule has 218 valence electrons. The third kappa shape index (κ3) is 6.87. The van der Waals surface area contributed by atoms with Gasteiger partial charge in [-0.2, -0.15) is 0 Å². The molecule has 2 aliphatic heterocycles. The van der Waals surface area contributed by atoms with Gasteiger partial charge in [0.1, 0.15) is 17.1 Å². The summed E-state index contributed by atoms with van der Waals surface area (Å²) in [6, 6.07) is 10.5. The number of β-lactam (4-membered cyclic amide) rings is 1. The summed E-state index contributed by atoms with van der Waals surface area (Å²) in [5.74, 6) is -0.213. The Bertz CT molecular complexity index is 1540. The van der Waals surface area contributed by atoms with Gasteiger partial charge in [0.25, 0.3) is 17.1 Å². The minimum Gasteiger partial charge on any atom is -0.352 e. The van der Waals surface area contributed by atoms with Crippen LogP contribution in [0.4, 0.5) is 0 Å². The van der Waals surface area contributed by atoms with Crippen LogP contribution >= 0.6 is 46.5 Å². The van der Waals surface area contributed by atoms with Crippen molar-refractivity contribution < 1.29 is 23.7 Å². The van der Waals surface area contributed by atoms with Crippen molar-refractivity contribution in [3.8, 4) is 0 Å². The average molecular weight is 644 g/mol. The van der Waals surface area contributed by atoms with Crippen LogP contribution in [-0.2, 0) is 20.9 Å². The Kier molecular flexibility index (Phi) is 9.95. The predicted octanol–water partition coefficient (Wildman–Crippen LogP) is 2.43. The lowest BCUT2D eigenvalue weighted by molar-refractivity contribution is -0.687. The van der Waals surface area contributed by atoms with E-state index in [0.717, 1.165) is 14.6 Å². The highest BCUT2D eigenvalue weighted by atomic mass is 35.5. The molecular formula is C28H28ClN6O4S3+. The van der Waals surface area contributed by atoms with Crippen LogP contribution in [0.1, 0.15) is 16.8 Å². The summed E-state index contributed by atoms with van der Waals surface area (Å²) in [4.78, 5) is 56.1. The number of hydrogen-bond donors (Lipinski definition) is 3. The van der Waals surface area contributed by atoms with Gasteiger partial charge in [-0.25, -0.2) is 9.55 Å². The number of halogens is 1. The Morgan fingerprint density at radius 3 is 2.74 bits per heavy atom. The number of nitrogens with zero attached hydrogens (tertiary/aromatic N) is 3. The molecule has 42 heavy (non-hydrogen) atoms. The maximum Gasteiger partial charge on any atom is 0.269 e. The molecule has 5 rings (SSSR count). The molecule has 0 spiro atoms. The molecule has 1 fully saturated rings. The van der Waals surface area contributed by atoms with E-state index in [1.807, 2.05) is 34.9 Å². The second-order valence-electron chi connectivity index (χ2n) is 9.42. The van der Waals surface area contributed by atoms with Gasteiger partial charge in [-0.15, -0.1) is 23.1 Å². The number of thiazole rings is 1. The van der Waals surface area contributed by atoms with Crippen molar-refractivity contribution in [1.29, 1.82) is 0 Å². The van der Waals surface area contributed by atoms with Crippen LogP contribution in [0.25, 0.3) is 10.2 Å². The van der Waals surface area contributed by atoms with Gasteiger partial charge in [0, 0.05) is 24.4 Å². The summed E-state index contributed by atoms with van der Waals surface area (Å²) in [6.07, 6.45) is 7.94. The van der Waals surface area contributed by atoms with Gasteiger partial charge in [-0.05, 0) is 48.3 Å². The Balaban J connectivity index is 1.16. The van der Waals surface area contributed by atoms with Crippen LogP contribution in [0.15, 0.2) is 76.6 Å². The fraction of sp³-hybridized carbons (Fsp3) is 0.286. The SMILES string of the molecule is NCCCNC(=O)c1cc[n+](C/C=C/C2=C(C(=O)Cl)N3C(=O)[C@@H](NC(=O)CSc4nc5ccccc5s4)[C@H]3SC2)cc1. The zero-order chi connectivity index (χ0) is 29.6. The summed E-state index contributed by atoms with van der Waals surface area (Å²) in [6.45, 7) is 1.53. The van der Waals surface area contributed by atoms with Crippen LogP contribution in [0.5, 0.6) is 0 Å². The van der Waals surface area contributed by atoms with Crippen molar-refractivity contribution in [2.45, 2.75) is 28.7 Å². The van der Waals surface area contributed by atoms with Crippen LogP contribution in [0.3, 0.4) is 0 Å². The summed E-state index contributed by atoms with van der Waals surface area (Å²) in [5, 5.41) is 4.50. The lowest BCUT2D eigenvalue weighted by Crippen LogP contribution is -2.70. The number of benzene rings is 1. The van der Waals surface area contributed by atoms with E-state index in [1.54, 1.807) is 30.6 Å². The highest BCUT2D eigenvalue weighted by Gasteiger charge is 2.53. The number of carbonyl (C=O) groups excluding carboxylic acids is 4. The van der Waals surface area contributed by atoms with Crippen molar-refractivity contribution in [3.63, 3.8) is 0 Å². The lowest BCUT2D eigenvalue weighted by atomic mass is 10.0. The number of pyridine rings is 1. The Morgan fingerprint density at radius 1 is 1.21 bits per heavy atom. The van der Waals surface area contributed by atoms with Gasteiger partial charge in [0.15, 0.2) is 23.3 Å². The normalized spacial score (nSPS) is 18.2. The number of thioether (sulfide) groups is 2. The number of hydrogen-bond acceptors (Lipinski definition) is 9. The number of nitrogens with two attached hydrogens (primary N) is 1. The molecule has 0 saturated carbocycles. The van der Waals surface area contributed by atoms with E-state index in [-0.39, 0.29) is 29.2 Å². The van der Waals surface area contributed by atoms with Crippen molar-refractivity contribution in [2.75, 3.05) is 24.6 Å². The number of nitrogens with one attached hydrogen (secondary N) is 2. The maximum absolute atomic E-state index is 13.0. The third-order valence-corrected chi connectivity index (χ3v) is 10.2. The number of allylic oxidation sites excluding steroid dienone is 3. The number of para-hydroxylation sites is 1. The van der Waals surface area contributed by atoms with E-state index >= 15 is 0 Å². The summed E-state index contributed by atoms with van der Waals surface area (Å²) in [5.41, 5.74) is 7.67. The van der Waals surface area contributed by atoms with E-state index in [2.05, 4.69) is 15.6 Å². The molecule has 1 aromatic carbocycles. The van der Waals surface area contributed by atoms with E-state index in [9.17, 15) is 19.2 Å². The number of rotatable bonds is 12. The van der Waals surface area contributed by atoms with Gasteiger partial charge >= 0.3 is 0 Å². The highest BCUT2D eigenvalue weighted by Crippen LogP contribution is 2.41. The molecular weight excluding hydrogens is 616 g/mol. The first-order chi connectivity index (χ1) is 20.4. The van der Waals surface area contributed by atoms with E-state index in [1.165, 1.54) is 39.8 Å². The molecule has 2 aliphatic rings. The summed E-state index contributed by atoms with van der Waals surface area (Å²) >= 11 is 10.2. The molecule has 2 atom stereocenters. The Morgan fingerprint density at radius 2 is 2.00 bits per heavy atom. The third-order valence-electron chi connectivity index (χ3n) is 6.56. The quantitative estimate of drug-likeness (QED) is 0.0900. The number of aromatic nitrogens is 2. The second kappa shape index (κ2) is 13.8. The van der Waals surface area contributed by atoms with Gasteiger partial charge in [-0.1, -0.05) is 30.0 Å². The Labute approximate surface area is 259 Å². The minimum atomic E-state index is -0.725. The van der Waals surface area contributed by atoms with Gasteiger partial charge < -0.3 is 16.4 Å². The van der Waals surface area contributed by atoms with Crippen LogP contribution in [0.2, 0.25) is 0 Å². The molecule has 3 amide bonds. The summed E-state index contributed by atoms with van der Waals surface area (Å²) in [7, 11) is 0. The molecule has 0 aliphatic carbocycles. The fourth-order valence-electron chi connectivity index (χ4n) is 4.46. The summed E-state index contributed by atoms with van der Waals surface area (Å²) < 4.78 is 3.71. The number of carbonyl (C=O) groups is 4. The molecule has 0 bridgehead atoms. The van der Waals surface area contributed by atoms with E-state index in [4.69, 9.17) is 17.3 Å². The molecule has 0 radical (unpaired) electrons.